The zero-order valence-corrected chi connectivity index (χ0v) is 12.4. The monoisotopic (exact) mass is 286 g/mol. The van der Waals surface area contributed by atoms with E-state index in [-0.39, 0.29) is 6.61 Å². The first-order chi connectivity index (χ1) is 9.47. The highest BCUT2D eigenvalue weighted by molar-refractivity contribution is 5.87. The topological polar surface area (TPSA) is 98.5 Å². The van der Waals surface area contributed by atoms with Crippen molar-refractivity contribution in [3.8, 4) is 0 Å². The van der Waals surface area contributed by atoms with Gasteiger partial charge in [-0.25, -0.2) is 0 Å². The van der Waals surface area contributed by atoms with Crippen LogP contribution in [0.1, 0.15) is 58.8 Å². The van der Waals surface area contributed by atoms with Crippen molar-refractivity contribution >= 4 is 17.8 Å². The summed E-state index contributed by atoms with van der Waals surface area (Å²) in [6.45, 7) is 2.99. The normalized spacial score (nSPS) is 11.7. The van der Waals surface area contributed by atoms with Crippen LogP contribution in [-0.4, -0.2) is 30.4 Å². The smallest absolute Gasteiger partial charge is 0.303 e. The quantitative estimate of drug-likeness (QED) is 0.441. The first-order valence-corrected chi connectivity index (χ1v) is 7.19. The summed E-state index contributed by atoms with van der Waals surface area (Å²) < 4.78 is 4.55. The molecular formula is C14H26N2O4. The van der Waals surface area contributed by atoms with Crippen LogP contribution in [0.4, 0.5) is 0 Å². The second kappa shape index (κ2) is 11.3. The number of esters is 1. The van der Waals surface area contributed by atoms with Gasteiger partial charge in [0, 0.05) is 6.92 Å². The number of nitrogens with one attached hydrogen (secondary N) is 1. The summed E-state index contributed by atoms with van der Waals surface area (Å²) in [5.41, 5.74) is 5.24. The zero-order valence-electron chi connectivity index (χ0n) is 12.4. The Hall–Kier alpha value is -1.59. The van der Waals surface area contributed by atoms with Gasteiger partial charge < -0.3 is 15.8 Å². The molecular weight excluding hydrogens is 260 g/mol. The lowest BCUT2D eigenvalue weighted by Crippen LogP contribution is -2.45. The van der Waals surface area contributed by atoms with E-state index in [2.05, 4.69) is 17.0 Å². The fraction of sp³-hybridized carbons (Fsp3) is 0.786. The van der Waals surface area contributed by atoms with Crippen molar-refractivity contribution in [1.29, 1.82) is 0 Å². The van der Waals surface area contributed by atoms with Crippen molar-refractivity contribution in [3.05, 3.63) is 0 Å². The molecule has 0 saturated carbocycles. The molecule has 0 aromatic heterocycles. The lowest BCUT2D eigenvalue weighted by molar-refractivity contribution is -0.146. The molecule has 1 atom stereocenters. The molecule has 6 nitrogen and oxygen atoms in total. The summed E-state index contributed by atoms with van der Waals surface area (Å²) in [6, 6.07) is -0.691. The van der Waals surface area contributed by atoms with Crippen LogP contribution in [0.5, 0.6) is 0 Å². The molecule has 116 valence electrons. The molecule has 0 unspecified atom stereocenters. The van der Waals surface area contributed by atoms with Gasteiger partial charge in [-0.3, -0.25) is 14.4 Å². The lowest BCUT2D eigenvalue weighted by Gasteiger charge is -2.15. The standard InChI is InChI=1S/C14H26N2O4/c1-3-4-5-6-7-8-9-12(14(15)19)16-13(18)10-20-11(2)17/h12H,3-10H2,1-2H3,(H2,15,19)(H,16,18)/t12-/m1/s1. The van der Waals surface area contributed by atoms with Gasteiger partial charge in [-0.15, -0.1) is 0 Å². The van der Waals surface area contributed by atoms with Crippen molar-refractivity contribution in [3.63, 3.8) is 0 Å². The first kappa shape index (κ1) is 18.4. The number of rotatable bonds is 11. The fourth-order valence-electron chi connectivity index (χ4n) is 1.82. The molecule has 2 amide bonds. The van der Waals surface area contributed by atoms with E-state index in [1.807, 2.05) is 0 Å². The summed E-state index contributed by atoms with van der Waals surface area (Å²) >= 11 is 0. The molecule has 0 aromatic carbocycles. The molecule has 0 spiro atoms. The Morgan fingerprint density at radius 3 is 2.25 bits per heavy atom. The van der Waals surface area contributed by atoms with Crippen molar-refractivity contribution < 1.29 is 19.1 Å². The van der Waals surface area contributed by atoms with E-state index in [0.717, 1.165) is 19.3 Å². The summed E-state index contributed by atoms with van der Waals surface area (Å²) in [5.74, 6) is -1.60. The van der Waals surface area contributed by atoms with Crippen LogP contribution >= 0.6 is 0 Å². The van der Waals surface area contributed by atoms with Gasteiger partial charge in [0.15, 0.2) is 6.61 Å². The number of hydrogen-bond donors (Lipinski definition) is 2. The van der Waals surface area contributed by atoms with Crippen LogP contribution in [0.3, 0.4) is 0 Å². The number of primary amides is 1. The average Bonchev–Trinajstić information content (AvgIpc) is 2.38. The summed E-state index contributed by atoms with van der Waals surface area (Å²) in [7, 11) is 0. The van der Waals surface area contributed by atoms with Crippen molar-refractivity contribution in [2.45, 2.75) is 64.8 Å². The van der Waals surface area contributed by atoms with E-state index in [9.17, 15) is 14.4 Å². The van der Waals surface area contributed by atoms with Gasteiger partial charge in [0.1, 0.15) is 6.04 Å². The SMILES string of the molecule is CCCCCCCC[C@@H](NC(=O)COC(C)=O)C(N)=O. The van der Waals surface area contributed by atoms with E-state index in [4.69, 9.17) is 5.73 Å². The second-order valence-electron chi connectivity index (χ2n) is 4.86. The minimum absolute atomic E-state index is 0.379. The van der Waals surface area contributed by atoms with Crippen molar-refractivity contribution in [2.75, 3.05) is 6.61 Å². The van der Waals surface area contributed by atoms with Gasteiger partial charge in [-0.1, -0.05) is 45.4 Å². The Morgan fingerprint density at radius 1 is 1.10 bits per heavy atom. The number of unbranched alkanes of at least 4 members (excludes halogenated alkanes) is 5. The van der Waals surface area contributed by atoms with Gasteiger partial charge >= 0.3 is 5.97 Å². The molecule has 6 heteroatoms. The highest BCUT2D eigenvalue weighted by atomic mass is 16.5. The predicted octanol–water partition coefficient (Wildman–Crippen LogP) is 1.27. The second-order valence-corrected chi connectivity index (χ2v) is 4.86. The fourth-order valence-corrected chi connectivity index (χ4v) is 1.82. The molecule has 3 N–H and O–H groups in total. The highest BCUT2D eigenvalue weighted by Crippen LogP contribution is 2.08. The van der Waals surface area contributed by atoms with E-state index in [0.29, 0.717) is 6.42 Å². The molecule has 0 aliphatic rings. The van der Waals surface area contributed by atoms with Gasteiger partial charge in [0.25, 0.3) is 5.91 Å². The Labute approximate surface area is 120 Å². The molecule has 0 aliphatic heterocycles. The maximum absolute atomic E-state index is 11.4. The Morgan fingerprint density at radius 2 is 1.70 bits per heavy atom. The number of hydrogen-bond acceptors (Lipinski definition) is 4. The number of ether oxygens (including phenoxy) is 1. The molecule has 0 bridgehead atoms. The number of nitrogens with two attached hydrogens (primary N) is 1. The average molecular weight is 286 g/mol. The first-order valence-electron chi connectivity index (χ1n) is 7.19. The Bertz CT molecular complexity index is 318. The van der Waals surface area contributed by atoms with Crippen molar-refractivity contribution in [2.24, 2.45) is 5.73 Å². The number of carbonyl (C=O) groups excluding carboxylic acids is 3. The highest BCUT2D eigenvalue weighted by Gasteiger charge is 2.17. The van der Waals surface area contributed by atoms with E-state index in [1.165, 1.54) is 26.2 Å². The third-order valence-electron chi connectivity index (χ3n) is 2.93. The third kappa shape index (κ3) is 10.3. The predicted molar refractivity (Wildman–Crippen MR) is 75.8 cm³/mol. The molecule has 20 heavy (non-hydrogen) atoms. The number of carbonyl (C=O) groups is 3. The third-order valence-corrected chi connectivity index (χ3v) is 2.93. The van der Waals surface area contributed by atoms with Crippen LogP contribution in [0.2, 0.25) is 0 Å². The summed E-state index contributed by atoms with van der Waals surface area (Å²) in [6.07, 6.45) is 7.10. The van der Waals surface area contributed by atoms with Crippen LogP contribution in [-0.2, 0) is 19.1 Å². The number of amides is 2. The minimum atomic E-state index is -0.691. The largest absolute Gasteiger partial charge is 0.456 e. The molecule has 0 saturated heterocycles. The lowest BCUT2D eigenvalue weighted by atomic mass is 10.1. The van der Waals surface area contributed by atoms with Crippen LogP contribution < -0.4 is 11.1 Å². The zero-order chi connectivity index (χ0) is 15.4. The van der Waals surface area contributed by atoms with Crippen molar-refractivity contribution in [1.82, 2.24) is 5.32 Å². The molecule has 0 aliphatic carbocycles. The Balaban J connectivity index is 3.89. The maximum Gasteiger partial charge on any atom is 0.303 e. The summed E-state index contributed by atoms with van der Waals surface area (Å²) in [4.78, 5) is 33.3. The molecule has 0 fully saturated rings. The molecule has 0 heterocycles. The maximum atomic E-state index is 11.4. The van der Waals surface area contributed by atoms with E-state index < -0.39 is 23.8 Å². The summed E-state index contributed by atoms with van der Waals surface area (Å²) in [5, 5.41) is 2.48. The van der Waals surface area contributed by atoms with E-state index >= 15 is 0 Å². The molecule has 0 aromatic rings. The van der Waals surface area contributed by atoms with Crippen LogP contribution in [0.15, 0.2) is 0 Å². The minimum Gasteiger partial charge on any atom is -0.456 e. The molecule has 0 rings (SSSR count). The van der Waals surface area contributed by atoms with Gasteiger partial charge in [0.05, 0.1) is 0 Å². The van der Waals surface area contributed by atoms with Gasteiger partial charge in [-0.2, -0.15) is 0 Å². The van der Waals surface area contributed by atoms with Gasteiger partial charge in [-0.05, 0) is 6.42 Å². The molecule has 0 radical (unpaired) electrons. The van der Waals surface area contributed by atoms with Crippen LogP contribution in [0, 0.1) is 0 Å². The Kier molecular flexibility index (Phi) is 10.4. The van der Waals surface area contributed by atoms with Crippen LogP contribution in [0.25, 0.3) is 0 Å². The van der Waals surface area contributed by atoms with E-state index in [1.54, 1.807) is 0 Å². The van der Waals surface area contributed by atoms with Gasteiger partial charge in [0.2, 0.25) is 5.91 Å².